The number of hydrogen-bond acceptors (Lipinski definition) is 5. The van der Waals surface area contributed by atoms with Crippen molar-refractivity contribution in [2.24, 2.45) is 0 Å². The minimum absolute atomic E-state index is 0.225. The summed E-state index contributed by atoms with van der Waals surface area (Å²) in [5.41, 5.74) is 9.91. The van der Waals surface area contributed by atoms with Crippen LogP contribution in [0.4, 0.5) is 11.5 Å². The SMILES string of the molecule is C[C@H]1CCCN1Cc1cc2cnc(NC(=O)c3nc4cc(N)ccc4[nH]3)cc2[nH]1. The van der Waals surface area contributed by atoms with E-state index < -0.39 is 0 Å². The molecular weight excluding hydrogens is 366 g/mol. The van der Waals surface area contributed by atoms with Crippen LogP contribution < -0.4 is 11.1 Å². The van der Waals surface area contributed by atoms with Crippen LogP contribution in [-0.4, -0.2) is 43.3 Å². The highest BCUT2D eigenvalue weighted by Gasteiger charge is 2.20. The second kappa shape index (κ2) is 6.89. The van der Waals surface area contributed by atoms with E-state index in [0.29, 0.717) is 23.1 Å². The van der Waals surface area contributed by atoms with Gasteiger partial charge in [0.15, 0.2) is 5.82 Å². The molecule has 0 saturated carbocycles. The summed E-state index contributed by atoms with van der Waals surface area (Å²) < 4.78 is 0. The summed E-state index contributed by atoms with van der Waals surface area (Å²) in [5, 5.41) is 3.84. The maximum absolute atomic E-state index is 12.6. The van der Waals surface area contributed by atoms with Crippen molar-refractivity contribution in [3.05, 3.63) is 48.0 Å². The summed E-state index contributed by atoms with van der Waals surface area (Å²) in [5.74, 6) is 0.359. The van der Waals surface area contributed by atoms with E-state index >= 15 is 0 Å². The number of nitrogens with one attached hydrogen (secondary N) is 3. The Morgan fingerprint density at radius 1 is 1.28 bits per heavy atom. The number of rotatable bonds is 4. The lowest BCUT2D eigenvalue weighted by Crippen LogP contribution is -2.26. The Bertz CT molecular complexity index is 1210. The normalized spacial score (nSPS) is 17.3. The molecule has 29 heavy (non-hydrogen) atoms. The molecule has 1 aromatic carbocycles. The van der Waals surface area contributed by atoms with Crippen LogP contribution in [0, 0.1) is 0 Å². The van der Waals surface area contributed by atoms with Crippen LogP contribution in [0.5, 0.6) is 0 Å². The third kappa shape index (κ3) is 3.42. The van der Waals surface area contributed by atoms with E-state index in [4.69, 9.17) is 5.73 Å². The fourth-order valence-corrected chi connectivity index (χ4v) is 3.99. The number of benzene rings is 1. The molecular formula is C21H23N7O. The highest BCUT2D eigenvalue weighted by Crippen LogP contribution is 2.23. The number of amides is 1. The molecule has 8 nitrogen and oxygen atoms in total. The molecule has 1 aliphatic heterocycles. The number of H-pyrrole nitrogens is 2. The highest BCUT2D eigenvalue weighted by atomic mass is 16.2. The van der Waals surface area contributed by atoms with Gasteiger partial charge in [0.2, 0.25) is 0 Å². The Morgan fingerprint density at radius 2 is 2.17 bits per heavy atom. The van der Waals surface area contributed by atoms with E-state index in [2.05, 4.69) is 43.1 Å². The molecule has 8 heteroatoms. The number of nitrogens with zero attached hydrogens (tertiary/aromatic N) is 3. The third-order valence-electron chi connectivity index (χ3n) is 5.59. The van der Waals surface area contributed by atoms with Crippen molar-refractivity contribution in [2.45, 2.75) is 32.4 Å². The van der Waals surface area contributed by atoms with Crippen LogP contribution in [0.15, 0.2) is 36.5 Å². The number of anilines is 2. The van der Waals surface area contributed by atoms with E-state index in [1.165, 1.54) is 12.8 Å². The average molecular weight is 389 g/mol. The molecule has 3 aromatic heterocycles. The molecule has 0 spiro atoms. The fraction of sp³-hybridized carbons (Fsp3) is 0.286. The summed E-state index contributed by atoms with van der Waals surface area (Å²) >= 11 is 0. The average Bonchev–Trinajstić information content (AvgIpc) is 3.39. The highest BCUT2D eigenvalue weighted by molar-refractivity contribution is 6.03. The van der Waals surface area contributed by atoms with Gasteiger partial charge in [-0.2, -0.15) is 0 Å². The van der Waals surface area contributed by atoms with E-state index in [1.807, 2.05) is 6.07 Å². The maximum Gasteiger partial charge on any atom is 0.292 e. The number of pyridine rings is 1. The van der Waals surface area contributed by atoms with Gasteiger partial charge in [0.05, 0.1) is 16.6 Å². The predicted molar refractivity (Wildman–Crippen MR) is 114 cm³/mol. The van der Waals surface area contributed by atoms with Gasteiger partial charge in [0, 0.05) is 41.6 Å². The lowest BCUT2D eigenvalue weighted by molar-refractivity contribution is 0.101. The van der Waals surface area contributed by atoms with Crippen molar-refractivity contribution in [1.82, 2.24) is 24.8 Å². The van der Waals surface area contributed by atoms with Crippen LogP contribution >= 0.6 is 0 Å². The van der Waals surface area contributed by atoms with Crippen LogP contribution in [0.2, 0.25) is 0 Å². The minimum atomic E-state index is -0.343. The van der Waals surface area contributed by atoms with E-state index in [0.717, 1.165) is 35.2 Å². The lowest BCUT2D eigenvalue weighted by Gasteiger charge is -2.19. The molecule has 148 valence electrons. The second-order valence-corrected chi connectivity index (χ2v) is 7.73. The molecule has 1 saturated heterocycles. The van der Waals surface area contributed by atoms with Crippen molar-refractivity contribution in [1.29, 1.82) is 0 Å². The summed E-state index contributed by atoms with van der Waals surface area (Å²) in [6.45, 7) is 4.32. The molecule has 5 rings (SSSR count). The number of imidazole rings is 1. The number of hydrogen-bond donors (Lipinski definition) is 4. The predicted octanol–water partition coefficient (Wildman–Crippen LogP) is 3.26. The third-order valence-corrected chi connectivity index (χ3v) is 5.59. The van der Waals surface area contributed by atoms with Gasteiger partial charge in [-0.05, 0) is 50.6 Å². The molecule has 1 atom stereocenters. The van der Waals surface area contributed by atoms with Gasteiger partial charge < -0.3 is 21.0 Å². The standard InChI is InChI=1S/C21H23N7O/c1-12-3-2-6-28(12)11-15-7-13-10-23-19(9-17(13)24-15)27-21(29)20-25-16-5-4-14(22)8-18(16)26-20/h4-5,7-10,12,24H,2-3,6,11,22H2,1H3,(H,25,26)(H,23,27,29)/t12-/m0/s1. The molecule has 0 aliphatic carbocycles. The molecule has 4 aromatic rings. The zero-order valence-corrected chi connectivity index (χ0v) is 16.2. The molecule has 1 amide bonds. The zero-order chi connectivity index (χ0) is 20.0. The Morgan fingerprint density at radius 3 is 3.00 bits per heavy atom. The molecule has 1 fully saturated rings. The second-order valence-electron chi connectivity index (χ2n) is 7.73. The number of fused-ring (bicyclic) bond motifs is 2. The molecule has 5 N–H and O–H groups in total. The van der Waals surface area contributed by atoms with Crippen LogP contribution in [0.1, 0.15) is 36.1 Å². The van der Waals surface area contributed by atoms with Crippen molar-refractivity contribution in [3.63, 3.8) is 0 Å². The minimum Gasteiger partial charge on any atom is -0.399 e. The summed E-state index contributed by atoms with van der Waals surface area (Å²) in [7, 11) is 0. The van der Waals surface area contributed by atoms with Crippen molar-refractivity contribution in [2.75, 3.05) is 17.6 Å². The smallest absolute Gasteiger partial charge is 0.292 e. The maximum atomic E-state index is 12.6. The number of carbonyl (C=O) groups excluding carboxylic acids is 1. The van der Waals surface area contributed by atoms with Gasteiger partial charge in [-0.25, -0.2) is 9.97 Å². The first-order valence-electron chi connectivity index (χ1n) is 9.83. The fourth-order valence-electron chi connectivity index (χ4n) is 3.99. The molecule has 0 radical (unpaired) electrons. The largest absolute Gasteiger partial charge is 0.399 e. The van der Waals surface area contributed by atoms with Crippen LogP contribution in [-0.2, 0) is 6.54 Å². The molecule has 4 heterocycles. The number of nitrogen functional groups attached to an aromatic ring is 1. The van der Waals surface area contributed by atoms with Gasteiger partial charge in [-0.1, -0.05) is 0 Å². The van der Waals surface area contributed by atoms with Crippen LogP contribution in [0.25, 0.3) is 21.9 Å². The number of aromatic nitrogens is 4. The Hall–Kier alpha value is -3.39. The molecule has 0 unspecified atom stereocenters. The van der Waals surface area contributed by atoms with Crippen molar-refractivity contribution in [3.8, 4) is 0 Å². The van der Waals surface area contributed by atoms with E-state index in [9.17, 15) is 4.79 Å². The first kappa shape index (κ1) is 17.7. The Labute approximate surface area is 167 Å². The van der Waals surface area contributed by atoms with Crippen molar-refractivity contribution < 1.29 is 4.79 Å². The topological polar surface area (TPSA) is 116 Å². The molecule has 0 bridgehead atoms. The first-order chi connectivity index (χ1) is 14.0. The van der Waals surface area contributed by atoms with Gasteiger partial charge in [0.25, 0.3) is 5.91 Å². The molecule has 1 aliphatic rings. The van der Waals surface area contributed by atoms with E-state index in [-0.39, 0.29) is 11.7 Å². The van der Waals surface area contributed by atoms with Gasteiger partial charge in [-0.15, -0.1) is 0 Å². The Kier molecular flexibility index (Phi) is 4.21. The van der Waals surface area contributed by atoms with Gasteiger partial charge in [0.1, 0.15) is 5.82 Å². The van der Waals surface area contributed by atoms with Crippen LogP contribution in [0.3, 0.4) is 0 Å². The lowest BCUT2D eigenvalue weighted by atomic mass is 10.2. The summed E-state index contributed by atoms with van der Waals surface area (Å²) in [6.07, 6.45) is 4.29. The summed E-state index contributed by atoms with van der Waals surface area (Å²) in [6, 6.07) is 9.90. The number of likely N-dealkylation sites (tertiary alicyclic amines) is 1. The monoisotopic (exact) mass is 389 g/mol. The number of nitrogens with two attached hydrogens (primary N) is 1. The summed E-state index contributed by atoms with van der Waals surface area (Å²) in [4.78, 5) is 30.2. The van der Waals surface area contributed by atoms with Gasteiger partial charge >= 0.3 is 0 Å². The quantitative estimate of drug-likeness (QED) is 0.400. The van der Waals surface area contributed by atoms with E-state index in [1.54, 1.807) is 24.4 Å². The zero-order valence-electron chi connectivity index (χ0n) is 16.2. The Balaban J connectivity index is 1.34. The van der Waals surface area contributed by atoms with Crippen molar-refractivity contribution >= 4 is 39.3 Å². The van der Waals surface area contributed by atoms with Gasteiger partial charge in [-0.3, -0.25) is 9.69 Å². The number of carbonyl (C=O) groups is 1. The first-order valence-corrected chi connectivity index (χ1v) is 9.83. The number of aromatic amines is 2.